The van der Waals surface area contributed by atoms with E-state index in [4.69, 9.17) is 0 Å². The zero-order valence-corrected chi connectivity index (χ0v) is 41.1. The third kappa shape index (κ3) is 6.75. The minimum Gasteiger partial charge on any atom is -0.420 e. The molecule has 4 aliphatic rings. The van der Waals surface area contributed by atoms with Gasteiger partial charge >= 0.3 is 6.85 Å². The molecule has 0 radical (unpaired) electrons. The first-order valence-corrected chi connectivity index (χ1v) is 26.2. The maximum atomic E-state index is 4.13. The van der Waals surface area contributed by atoms with Gasteiger partial charge in [-0.15, -0.1) is 0 Å². The maximum Gasteiger partial charge on any atom is 0.323 e. The molecule has 74 heavy (non-hydrogen) atoms. The molecule has 0 aliphatic carbocycles. The number of anilines is 13. The van der Waals surface area contributed by atoms with E-state index in [9.17, 15) is 0 Å². The van der Waals surface area contributed by atoms with Gasteiger partial charge in [0.2, 0.25) is 0 Å². The molecule has 11 aromatic carbocycles. The lowest BCUT2D eigenvalue weighted by molar-refractivity contribution is 1.22. The minimum absolute atomic E-state index is 0.0678. The summed E-state index contributed by atoms with van der Waals surface area (Å²) in [6, 6.07) is 97.8. The summed E-state index contributed by atoms with van der Waals surface area (Å²) in [5.74, 6) is 0. The van der Waals surface area contributed by atoms with Gasteiger partial charge in [-0.2, -0.15) is 0 Å². The largest absolute Gasteiger partial charge is 0.420 e. The van der Waals surface area contributed by atoms with Gasteiger partial charge in [0.25, 0.3) is 6.71 Å². The molecule has 0 fully saturated rings. The van der Waals surface area contributed by atoms with Crippen LogP contribution in [0.5, 0.6) is 0 Å². The van der Waals surface area contributed by atoms with Crippen molar-refractivity contribution >= 4 is 127 Å². The molecule has 4 heterocycles. The first-order chi connectivity index (χ1) is 36.7. The molecule has 0 aromatic heterocycles. The summed E-state index contributed by atoms with van der Waals surface area (Å²) in [5, 5.41) is 4.13. The van der Waals surface area contributed by atoms with Crippen LogP contribution in [0.15, 0.2) is 277 Å². The summed E-state index contributed by atoms with van der Waals surface area (Å²) in [5.41, 5.74) is 23.6. The lowest BCUT2D eigenvalue weighted by atomic mass is 9.32. The third-order valence-corrected chi connectivity index (χ3v) is 16.3. The molecule has 11 aromatic rings. The van der Waals surface area contributed by atoms with Crippen molar-refractivity contribution in [2.45, 2.75) is 9.79 Å². The van der Waals surface area contributed by atoms with Crippen LogP contribution >= 0.6 is 11.8 Å². The highest BCUT2D eigenvalue weighted by Gasteiger charge is 2.46. The zero-order valence-electron chi connectivity index (χ0n) is 40.3. The van der Waals surface area contributed by atoms with Gasteiger partial charge in [0.1, 0.15) is 0 Å². The Morgan fingerprint density at radius 3 is 1.36 bits per heavy atom. The van der Waals surface area contributed by atoms with E-state index in [2.05, 4.69) is 292 Å². The van der Waals surface area contributed by atoms with Gasteiger partial charge in [0.15, 0.2) is 0 Å². The van der Waals surface area contributed by atoms with Crippen LogP contribution in [0.3, 0.4) is 0 Å². The molecule has 0 unspecified atom stereocenters. The lowest BCUT2D eigenvalue weighted by Gasteiger charge is -2.45. The summed E-state index contributed by atoms with van der Waals surface area (Å²) >= 11 is 1.90. The first-order valence-electron chi connectivity index (χ1n) is 25.4. The average molecular weight is 962 g/mol. The van der Waals surface area contributed by atoms with Gasteiger partial charge in [0.05, 0.1) is 5.69 Å². The predicted octanol–water partition coefficient (Wildman–Crippen LogP) is 14.4. The molecule has 4 aliphatic heterocycles. The van der Waals surface area contributed by atoms with Crippen LogP contribution in [0, 0.1) is 0 Å². The molecule has 1 N–H and O–H groups in total. The van der Waals surface area contributed by atoms with Crippen LogP contribution in [0.1, 0.15) is 0 Å². The highest BCUT2D eigenvalue weighted by atomic mass is 32.2. The fraction of sp³-hybridized carbons (Fsp3) is 0. The predicted molar refractivity (Wildman–Crippen MR) is 314 cm³/mol. The number of nitrogens with zero attached hydrogens (tertiary/aromatic N) is 4. The van der Waals surface area contributed by atoms with E-state index in [1.165, 1.54) is 59.6 Å². The second-order valence-electron chi connectivity index (χ2n) is 19.3. The smallest absolute Gasteiger partial charge is 0.323 e. The van der Waals surface area contributed by atoms with E-state index >= 15 is 0 Å². The van der Waals surface area contributed by atoms with E-state index in [0.29, 0.717) is 0 Å². The quantitative estimate of drug-likeness (QED) is 0.152. The summed E-state index contributed by atoms with van der Waals surface area (Å²) in [6.45, 7) is -0.146. The van der Waals surface area contributed by atoms with Crippen LogP contribution in [0.4, 0.5) is 73.9 Å². The highest BCUT2D eigenvalue weighted by molar-refractivity contribution is 8.00. The van der Waals surface area contributed by atoms with Crippen LogP contribution in [-0.2, 0) is 0 Å². The summed E-state index contributed by atoms with van der Waals surface area (Å²) in [6.07, 6.45) is 0. The Bertz CT molecular complexity index is 3860. The highest BCUT2D eigenvalue weighted by Crippen LogP contribution is 2.50. The van der Waals surface area contributed by atoms with Crippen molar-refractivity contribution in [3.8, 4) is 11.1 Å². The molecule has 0 saturated heterocycles. The van der Waals surface area contributed by atoms with Gasteiger partial charge in [0, 0.05) is 83.6 Å². The maximum absolute atomic E-state index is 4.13. The van der Waals surface area contributed by atoms with Crippen molar-refractivity contribution in [2.75, 3.05) is 24.8 Å². The zero-order chi connectivity index (χ0) is 48.7. The molecule has 15 rings (SSSR count). The van der Waals surface area contributed by atoms with Crippen molar-refractivity contribution in [1.82, 2.24) is 0 Å². The van der Waals surface area contributed by atoms with Crippen molar-refractivity contribution in [3.63, 3.8) is 0 Å². The third-order valence-electron chi connectivity index (χ3n) is 15.2. The minimum atomic E-state index is -0.0780. The van der Waals surface area contributed by atoms with E-state index in [1.54, 1.807) is 0 Å². The lowest BCUT2D eigenvalue weighted by Crippen LogP contribution is -2.63. The second kappa shape index (κ2) is 17.3. The Balaban J connectivity index is 0.996. The number of para-hydroxylation sites is 8. The Labute approximate surface area is 436 Å². The number of nitrogens with one attached hydrogen (secondary N) is 1. The second-order valence-corrected chi connectivity index (χ2v) is 20.4. The van der Waals surface area contributed by atoms with E-state index < -0.39 is 0 Å². The van der Waals surface area contributed by atoms with Gasteiger partial charge in [-0.1, -0.05) is 163 Å². The van der Waals surface area contributed by atoms with Crippen molar-refractivity contribution < 1.29 is 0 Å². The van der Waals surface area contributed by atoms with Crippen molar-refractivity contribution in [1.29, 1.82) is 0 Å². The molecular formula is C66H45B2N5S. The van der Waals surface area contributed by atoms with Gasteiger partial charge < -0.3 is 24.8 Å². The number of hydrogen-bond donors (Lipinski definition) is 1. The summed E-state index contributed by atoms with van der Waals surface area (Å²) in [7, 11) is 0. The van der Waals surface area contributed by atoms with Gasteiger partial charge in [-0.25, -0.2) is 0 Å². The Morgan fingerprint density at radius 1 is 0.324 bits per heavy atom. The average Bonchev–Trinajstić information content (AvgIpc) is 3.51. The van der Waals surface area contributed by atoms with Crippen molar-refractivity contribution in [3.05, 3.63) is 267 Å². The molecule has 346 valence electrons. The molecule has 0 spiro atoms. The first kappa shape index (κ1) is 42.6. The van der Waals surface area contributed by atoms with E-state index in [-0.39, 0.29) is 13.6 Å². The summed E-state index contributed by atoms with van der Waals surface area (Å²) < 4.78 is 0. The molecule has 0 amide bonds. The van der Waals surface area contributed by atoms with E-state index in [1.807, 2.05) is 11.8 Å². The Kier molecular flexibility index (Phi) is 9.95. The SMILES string of the molecule is c1ccc(N(c2ccccc2)c2cc3c4c(c2)-c2ccccc2NB4c2cc4c(cc2S3)N(c2ccccc2)c2cc(N(c3ccccc3)c3ccccc3)cc3c2B4c2ccccc2N3c2ccccc2)cc1. The van der Waals surface area contributed by atoms with Crippen LogP contribution in [0.25, 0.3) is 11.1 Å². The Morgan fingerprint density at radius 2 is 0.797 bits per heavy atom. The monoisotopic (exact) mass is 961 g/mol. The number of hydrogen-bond acceptors (Lipinski definition) is 6. The van der Waals surface area contributed by atoms with Crippen LogP contribution in [-0.4, -0.2) is 13.6 Å². The molecule has 0 bridgehead atoms. The normalized spacial score (nSPS) is 13.1. The summed E-state index contributed by atoms with van der Waals surface area (Å²) in [4.78, 5) is 12.4. The van der Waals surface area contributed by atoms with Gasteiger partial charge in [-0.3, -0.25) is 0 Å². The number of fused-ring (bicyclic) bond motifs is 8. The van der Waals surface area contributed by atoms with Gasteiger partial charge in [-0.05, 0) is 148 Å². The molecule has 0 saturated carbocycles. The molecule has 8 heteroatoms. The van der Waals surface area contributed by atoms with E-state index in [0.717, 1.165) is 62.6 Å². The fourth-order valence-electron chi connectivity index (χ4n) is 12.1. The molecular weight excluding hydrogens is 916 g/mol. The molecule has 5 nitrogen and oxygen atoms in total. The topological polar surface area (TPSA) is 25.0 Å². The number of benzene rings is 11. The Hall–Kier alpha value is -9.10. The standard InChI is InChI=1S/C66H45B2N5S/c1-7-23-45(24-8-1)70(46-25-9-2-10-26-46)51-39-54-53-35-19-21-37-58(53)69-68-57-43-56-60(44-63(57)74-64(42-51)65(54)68)73(50-33-17-6-18-34-50)62-41-52(71(47-27-11-3-12-28-47)48-29-13-4-14-30-48)40-61-66(62)67(56)55-36-20-22-38-59(55)72(61)49-31-15-5-16-32-49/h1-44,69H. The van der Waals surface area contributed by atoms with Crippen LogP contribution in [0.2, 0.25) is 0 Å². The fourth-order valence-corrected chi connectivity index (χ4v) is 13.3. The molecule has 0 atom stereocenters. The van der Waals surface area contributed by atoms with Crippen LogP contribution < -0.4 is 52.1 Å². The number of rotatable bonds is 8. The van der Waals surface area contributed by atoms with Crippen molar-refractivity contribution in [2.24, 2.45) is 0 Å².